The van der Waals surface area contributed by atoms with Gasteiger partial charge in [0.1, 0.15) is 13.2 Å². The molecule has 0 aromatic rings. The molecule has 2 atom stereocenters. The molecular weight excluding hydrogens is 408 g/mol. The Kier molecular flexibility index (Phi) is 13.5. The SMILES string of the molecule is C=CC(=O)OCCCCOC(=O)NCC1CCCC(CNC(=O)OCCOC(C)=O)C1. The zero-order chi connectivity index (χ0) is 22.9. The molecule has 2 amide bonds. The minimum Gasteiger partial charge on any atom is -0.463 e. The first kappa shape index (κ1) is 26.3. The fourth-order valence-corrected chi connectivity index (χ4v) is 3.25. The predicted octanol–water partition coefficient (Wildman–Crippen LogP) is 2.32. The van der Waals surface area contributed by atoms with Crippen LogP contribution < -0.4 is 10.6 Å². The van der Waals surface area contributed by atoms with Gasteiger partial charge in [-0.1, -0.05) is 13.0 Å². The normalized spacial score (nSPS) is 17.7. The lowest BCUT2D eigenvalue weighted by Gasteiger charge is -2.29. The van der Waals surface area contributed by atoms with Crippen LogP contribution in [0.3, 0.4) is 0 Å². The smallest absolute Gasteiger partial charge is 0.407 e. The van der Waals surface area contributed by atoms with E-state index in [-0.39, 0.29) is 26.4 Å². The predicted molar refractivity (Wildman–Crippen MR) is 111 cm³/mol. The standard InChI is InChI=1S/C21H34N2O8/c1-3-19(25)29-9-4-5-10-30-20(26)22-14-17-7-6-8-18(13-17)15-23-21(27)31-12-11-28-16(2)24/h3,17-18H,1,4-15H2,2H3,(H,22,26)(H,23,27). The van der Waals surface area contributed by atoms with Crippen molar-refractivity contribution >= 4 is 24.1 Å². The van der Waals surface area contributed by atoms with Gasteiger partial charge < -0.3 is 29.6 Å². The minimum atomic E-state index is -0.532. The average molecular weight is 443 g/mol. The van der Waals surface area contributed by atoms with Crippen LogP contribution in [0.5, 0.6) is 0 Å². The van der Waals surface area contributed by atoms with E-state index in [0.29, 0.717) is 37.8 Å². The Morgan fingerprint density at radius 1 is 0.839 bits per heavy atom. The molecule has 0 aromatic carbocycles. The van der Waals surface area contributed by atoms with Crippen molar-refractivity contribution in [2.24, 2.45) is 11.8 Å². The number of rotatable bonds is 13. The second-order valence-corrected chi connectivity index (χ2v) is 7.35. The highest BCUT2D eigenvalue weighted by Gasteiger charge is 2.23. The quantitative estimate of drug-likeness (QED) is 0.192. The summed E-state index contributed by atoms with van der Waals surface area (Å²) in [6.07, 6.45) is 5.26. The van der Waals surface area contributed by atoms with Gasteiger partial charge in [-0.05, 0) is 43.9 Å². The largest absolute Gasteiger partial charge is 0.463 e. The maximum Gasteiger partial charge on any atom is 0.407 e. The Morgan fingerprint density at radius 2 is 1.35 bits per heavy atom. The zero-order valence-corrected chi connectivity index (χ0v) is 18.2. The van der Waals surface area contributed by atoms with Crippen LogP contribution in [-0.4, -0.2) is 63.6 Å². The van der Waals surface area contributed by atoms with E-state index < -0.39 is 24.1 Å². The molecule has 0 spiro atoms. The van der Waals surface area contributed by atoms with Crippen molar-refractivity contribution in [3.63, 3.8) is 0 Å². The summed E-state index contributed by atoms with van der Waals surface area (Å²) in [5.41, 5.74) is 0. The molecule has 2 N–H and O–H groups in total. The summed E-state index contributed by atoms with van der Waals surface area (Å²) in [4.78, 5) is 45.0. The van der Waals surface area contributed by atoms with Crippen molar-refractivity contribution in [1.29, 1.82) is 0 Å². The lowest BCUT2D eigenvalue weighted by Crippen LogP contribution is -2.36. The van der Waals surface area contributed by atoms with Crippen LogP contribution in [0.25, 0.3) is 0 Å². The first-order valence-corrected chi connectivity index (χ1v) is 10.6. The summed E-state index contributed by atoms with van der Waals surface area (Å²) in [6, 6.07) is 0. The van der Waals surface area contributed by atoms with E-state index in [1.54, 1.807) is 0 Å². The molecule has 2 unspecified atom stereocenters. The molecule has 1 fully saturated rings. The summed E-state index contributed by atoms with van der Waals surface area (Å²) in [5, 5.41) is 5.52. The van der Waals surface area contributed by atoms with Gasteiger partial charge in [0.15, 0.2) is 0 Å². The van der Waals surface area contributed by atoms with Gasteiger partial charge >= 0.3 is 24.1 Å². The first-order valence-electron chi connectivity index (χ1n) is 10.6. The van der Waals surface area contributed by atoms with Crippen LogP contribution in [0.1, 0.15) is 45.4 Å². The number of amides is 2. The van der Waals surface area contributed by atoms with Crippen molar-refractivity contribution in [2.45, 2.75) is 45.4 Å². The number of hydrogen-bond acceptors (Lipinski definition) is 8. The fourth-order valence-electron chi connectivity index (χ4n) is 3.25. The van der Waals surface area contributed by atoms with Crippen LogP contribution in [0.15, 0.2) is 12.7 Å². The third kappa shape index (κ3) is 14.0. The molecule has 0 radical (unpaired) electrons. The van der Waals surface area contributed by atoms with Gasteiger partial charge in [-0.25, -0.2) is 14.4 Å². The fraction of sp³-hybridized carbons (Fsp3) is 0.714. The maximum absolute atomic E-state index is 11.8. The Morgan fingerprint density at radius 3 is 1.90 bits per heavy atom. The Bertz CT molecular complexity index is 596. The molecule has 0 bridgehead atoms. The monoisotopic (exact) mass is 442 g/mol. The lowest BCUT2D eigenvalue weighted by atomic mass is 9.81. The highest BCUT2D eigenvalue weighted by atomic mass is 16.6. The highest BCUT2D eigenvalue weighted by molar-refractivity contribution is 5.81. The van der Waals surface area contributed by atoms with E-state index in [1.807, 2.05) is 0 Å². The second-order valence-electron chi connectivity index (χ2n) is 7.35. The molecule has 10 nitrogen and oxygen atoms in total. The van der Waals surface area contributed by atoms with Crippen molar-refractivity contribution in [2.75, 3.05) is 39.5 Å². The van der Waals surface area contributed by atoms with E-state index in [2.05, 4.69) is 17.2 Å². The molecule has 0 saturated heterocycles. The number of alkyl carbamates (subject to hydrolysis) is 2. The van der Waals surface area contributed by atoms with Crippen molar-refractivity contribution in [3.05, 3.63) is 12.7 Å². The van der Waals surface area contributed by atoms with Gasteiger partial charge in [-0.15, -0.1) is 0 Å². The summed E-state index contributed by atoms with van der Waals surface area (Å²) in [6.45, 7) is 6.22. The maximum atomic E-state index is 11.8. The van der Waals surface area contributed by atoms with Crippen LogP contribution >= 0.6 is 0 Å². The Labute approximate surface area is 183 Å². The molecule has 1 aliphatic carbocycles. The molecule has 1 saturated carbocycles. The van der Waals surface area contributed by atoms with E-state index in [9.17, 15) is 19.2 Å². The molecule has 1 aliphatic rings. The van der Waals surface area contributed by atoms with Gasteiger partial charge in [0.2, 0.25) is 0 Å². The third-order valence-corrected chi connectivity index (χ3v) is 4.77. The molecule has 176 valence electrons. The Hall–Kier alpha value is -2.78. The van der Waals surface area contributed by atoms with Crippen LogP contribution in [0.4, 0.5) is 9.59 Å². The van der Waals surface area contributed by atoms with E-state index in [1.165, 1.54) is 6.92 Å². The van der Waals surface area contributed by atoms with Gasteiger partial charge in [0.25, 0.3) is 0 Å². The van der Waals surface area contributed by atoms with Crippen molar-refractivity contribution in [3.8, 4) is 0 Å². The van der Waals surface area contributed by atoms with Gasteiger partial charge in [0.05, 0.1) is 13.2 Å². The topological polar surface area (TPSA) is 129 Å². The Balaban J connectivity index is 2.08. The average Bonchev–Trinajstić information content (AvgIpc) is 2.76. The van der Waals surface area contributed by atoms with E-state index in [0.717, 1.165) is 31.8 Å². The molecule has 0 heterocycles. The number of carbonyl (C=O) groups excluding carboxylic acids is 4. The molecule has 0 aromatic heterocycles. The summed E-state index contributed by atoms with van der Waals surface area (Å²) in [5.74, 6) is -0.237. The van der Waals surface area contributed by atoms with E-state index >= 15 is 0 Å². The molecule has 31 heavy (non-hydrogen) atoms. The number of esters is 2. The van der Waals surface area contributed by atoms with Gasteiger partial charge in [-0.2, -0.15) is 0 Å². The molecular formula is C21H34N2O8. The van der Waals surface area contributed by atoms with Gasteiger partial charge in [0, 0.05) is 26.1 Å². The van der Waals surface area contributed by atoms with Crippen molar-refractivity contribution in [1.82, 2.24) is 10.6 Å². The number of unbranched alkanes of at least 4 members (excludes halogenated alkanes) is 1. The number of carbonyl (C=O) groups is 4. The van der Waals surface area contributed by atoms with Crippen molar-refractivity contribution < 1.29 is 38.1 Å². The lowest BCUT2D eigenvalue weighted by molar-refractivity contribution is -0.142. The minimum absolute atomic E-state index is 0.0186. The number of hydrogen-bond donors (Lipinski definition) is 2. The first-order chi connectivity index (χ1) is 14.9. The third-order valence-electron chi connectivity index (χ3n) is 4.77. The molecule has 0 aliphatic heterocycles. The van der Waals surface area contributed by atoms with Crippen LogP contribution in [0, 0.1) is 11.8 Å². The number of nitrogens with one attached hydrogen (secondary N) is 2. The van der Waals surface area contributed by atoms with Crippen LogP contribution in [0.2, 0.25) is 0 Å². The second kappa shape index (κ2) is 16.0. The molecule has 1 rings (SSSR count). The number of ether oxygens (including phenoxy) is 4. The van der Waals surface area contributed by atoms with Gasteiger partial charge in [-0.3, -0.25) is 4.79 Å². The summed E-state index contributed by atoms with van der Waals surface area (Å²) >= 11 is 0. The summed E-state index contributed by atoms with van der Waals surface area (Å²) < 4.78 is 19.6. The molecule has 10 heteroatoms. The van der Waals surface area contributed by atoms with Crippen LogP contribution in [-0.2, 0) is 28.5 Å². The summed E-state index contributed by atoms with van der Waals surface area (Å²) in [7, 11) is 0. The zero-order valence-electron chi connectivity index (χ0n) is 18.2. The van der Waals surface area contributed by atoms with E-state index in [4.69, 9.17) is 18.9 Å². The highest BCUT2D eigenvalue weighted by Crippen LogP contribution is 2.28.